The molecule has 0 saturated heterocycles. The van der Waals surface area contributed by atoms with E-state index in [-0.39, 0.29) is 0 Å². The van der Waals surface area contributed by atoms with Gasteiger partial charge in [-0.1, -0.05) is 35.9 Å². The molecule has 1 unspecified atom stereocenters. The van der Waals surface area contributed by atoms with Crippen LogP contribution in [-0.4, -0.2) is 23.0 Å². The summed E-state index contributed by atoms with van der Waals surface area (Å²) in [5, 5.41) is 16.7. The number of ether oxygens (including phenoxy) is 2. The summed E-state index contributed by atoms with van der Waals surface area (Å²) in [6, 6.07) is 13.1. The fraction of sp³-hybridized carbons (Fsp3) is 0.150. The summed E-state index contributed by atoms with van der Waals surface area (Å²) in [6.45, 7) is 2.53. The van der Waals surface area contributed by atoms with Crippen molar-refractivity contribution < 1.29 is 14.6 Å². The Bertz CT molecular complexity index is 1000. The molecule has 1 atom stereocenters. The average Bonchev–Trinajstić information content (AvgIpc) is 3.12. The molecule has 1 aliphatic rings. The number of benzene rings is 2. The van der Waals surface area contributed by atoms with Crippen molar-refractivity contribution in [1.82, 2.24) is 4.98 Å². The molecule has 0 radical (unpaired) electrons. The lowest BCUT2D eigenvalue weighted by Gasteiger charge is -2.23. The Morgan fingerprint density at radius 1 is 1.26 bits per heavy atom. The van der Waals surface area contributed by atoms with Crippen LogP contribution < -0.4 is 14.8 Å². The first-order chi connectivity index (χ1) is 13.2. The van der Waals surface area contributed by atoms with Gasteiger partial charge in [-0.3, -0.25) is 0 Å². The van der Waals surface area contributed by atoms with Crippen molar-refractivity contribution in [2.75, 3.05) is 11.9 Å². The molecule has 1 aromatic heterocycles. The lowest BCUT2D eigenvalue weighted by molar-refractivity contribution is 0.0319. The third-order valence-corrected chi connectivity index (χ3v) is 5.09. The minimum Gasteiger partial charge on any atom is -0.492 e. The highest BCUT2D eigenvalue weighted by molar-refractivity contribution is 7.13. The summed E-state index contributed by atoms with van der Waals surface area (Å²) in [5.41, 5.74) is 2.89. The summed E-state index contributed by atoms with van der Waals surface area (Å²) < 4.78 is 11.2. The summed E-state index contributed by atoms with van der Waals surface area (Å²) in [7, 11) is 0. The predicted molar refractivity (Wildman–Crippen MR) is 109 cm³/mol. The number of fused-ring (bicyclic) bond motifs is 1. The standard InChI is InChI=1S/C20H17ClN2O3S/c1-2-25-17-9-4-3-8-15(17)22-20-23-16(11-27-20)13-10-12-6-5-7-14(21)18(12)26-19(13)24/h3-11,19,24H,2H2,1H3,(H,22,23). The largest absolute Gasteiger partial charge is 0.492 e. The van der Waals surface area contributed by atoms with Crippen LogP contribution in [0.5, 0.6) is 11.5 Å². The van der Waals surface area contributed by atoms with Crippen molar-refractivity contribution >= 4 is 45.4 Å². The summed E-state index contributed by atoms with van der Waals surface area (Å²) in [5.74, 6) is 1.25. The number of aliphatic hydroxyl groups is 1. The number of aromatic nitrogens is 1. The Morgan fingerprint density at radius 2 is 2.11 bits per heavy atom. The van der Waals surface area contributed by atoms with Gasteiger partial charge >= 0.3 is 0 Å². The number of nitrogens with one attached hydrogen (secondary N) is 1. The Kier molecular flexibility index (Phi) is 5.03. The monoisotopic (exact) mass is 400 g/mol. The van der Waals surface area contributed by atoms with Gasteiger partial charge in [-0.25, -0.2) is 4.98 Å². The van der Waals surface area contributed by atoms with Gasteiger partial charge in [0.2, 0.25) is 6.29 Å². The molecule has 0 spiro atoms. The molecular weight excluding hydrogens is 384 g/mol. The molecule has 27 heavy (non-hydrogen) atoms. The van der Waals surface area contributed by atoms with Crippen LogP contribution in [0.15, 0.2) is 47.8 Å². The maximum Gasteiger partial charge on any atom is 0.226 e. The van der Waals surface area contributed by atoms with E-state index in [4.69, 9.17) is 21.1 Å². The topological polar surface area (TPSA) is 63.6 Å². The number of hydrogen-bond acceptors (Lipinski definition) is 6. The van der Waals surface area contributed by atoms with Crippen molar-refractivity contribution in [3.05, 3.63) is 64.1 Å². The molecule has 138 valence electrons. The predicted octanol–water partition coefficient (Wildman–Crippen LogP) is 5.19. The second-order valence-corrected chi connectivity index (χ2v) is 7.09. The summed E-state index contributed by atoms with van der Waals surface area (Å²) in [4.78, 5) is 4.59. The Hall–Kier alpha value is -2.54. The van der Waals surface area contributed by atoms with Gasteiger partial charge in [0, 0.05) is 16.5 Å². The molecule has 2 N–H and O–H groups in total. The molecular formula is C20H17ClN2O3S. The Balaban J connectivity index is 1.62. The molecule has 1 aliphatic heterocycles. The van der Waals surface area contributed by atoms with Gasteiger partial charge in [0.1, 0.15) is 11.5 Å². The average molecular weight is 401 g/mol. The van der Waals surface area contributed by atoms with Crippen LogP contribution in [0.2, 0.25) is 5.02 Å². The number of rotatable bonds is 5. The molecule has 2 heterocycles. The molecule has 3 aromatic rings. The van der Waals surface area contributed by atoms with E-state index in [9.17, 15) is 5.11 Å². The minimum atomic E-state index is -1.12. The van der Waals surface area contributed by atoms with Gasteiger partial charge in [0.15, 0.2) is 5.13 Å². The number of aliphatic hydroxyl groups excluding tert-OH is 1. The molecule has 0 fully saturated rings. The highest BCUT2D eigenvalue weighted by Gasteiger charge is 2.25. The zero-order valence-corrected chi connectivity index (χ0v) is 16.1. The van der Waals surface area contributed by atoms with Gasteiger partial charge in [-0.05, 0) is 31.2 Å². The van der Waals surface area contributed by atoms with E-state index < -0.39 is 6.29 Å². The van der Waals surface area contributed by atoms with E-state index in [1.165, 1.54) is 11.3 Å². The maximum atomic E-state index is 10.4. The van der Waals surface area contributed by atoms with E-state index in [1.54, 1.807) is 6.07 Å². The van der Waals surface area contributed by atoms with Crippen LogP contribution >= 0.6 is 22.9 Å². The van der Waals surface area contributed by atoms with Crippen LogP contribution in [0.25, 0.3) is 11.6 Å². The molecule has 4 rings (SSSR count). The first-order valence-corrected chi connectivity index (χ1v) is 9.71. The lowest BCUT2D eigenvalue weighted by Crippen LogP contribution is -2.21. The highest BCUT2D eigenvalue weighted by atomic mass is 35.5. The van der Waals surface area contributed by atoms with E-state index in [0.29, 0.717) is 33.8 Å². The molecule has 0 amide bonds. The molecule has 0 bridgehead atoms. The van der Waals surface area contributed by atoms with E-state index in [0.717, 1.165) is 17.0 Å². The number of thiazole rings is 1. The number of hydrogen-bond donors (Lipinski definition) is 2. The van der Waals surface area contributed by atoms with Crippen molar-refractivity contribution in [1.29, 1.82) is 0 Å². The number of anilines is 2. The van der Waals surface area contributed by atoms with E-state index >= 15 is 0 Å². The SMILES string of the molecule is CCOc1ccccc1Nc1nc(C2=Cc3cccc(Cl)c3OC2O)cs1. The van der Waals surface area contributed by atoms with Gasteiger partial charge in [0.25, 0.3) is 0 Å². The van der Waals surface area contributed by atoms with Crippen LogP contribution in [0.3, 0.4) is 0 Å². The maximum absolute atomic E-state index is 10.4. The van der Waals surface area contributed by atoms with Gasteiger partial charge < -0.3 is 19.9 Å². The third-order valence-electron chi connectivity index (χ3n) is 4.03. The first kappa shape index (κ1) is 17.9. The van der Waals surface area contributed by atoms with Crippen molar-refractivity contribution in [3.63, 3.8) is 0 Å². The zero-order chi connectivity index (χ0) is 18.8. The zero-order valence-electron chi connectivity index (χ0n) is 14.5. The highest BCUT2D eigenvalue weighted by Crippen LogP contribution is 2.39. The van der Waals surface area contributed by atoms with Gasteiger partial charge in [-0.15, -0.1) is 11.3 Å². The van der Waals surface area contributed by atoms with Gasteiger partial charge in [0.05, 0.1) is 23.0 Å². The van der Waals surface area contributed by atoms with Crippen LogP contribution in [0.4, 0.5) is 10.8 Å². The van der Waals surface area contributed by atoms with Crippen LogP contribution in [-0.2, 0) is 0 Å². The number of nitrogens with zero attached hydrogens (tertiary/aromatic N) is 1. The third kappa shape index (κ3) is 3.64. The lowest BCUT2D eigenvalue weighted by atomic mass is 10.0. The Labute approximate surface area is 165 Å². The van der Waals surface area contributed by atoms with Crippen LogP contribution in [0.1, 0.15) is 18.2 Å². The quantitative estimate of drug-likeness (QED) is 0.617. The molecule has 0 saturated carbocycles. The van der Waals surface area contributed by atoms with E-state index in [1.807, 2.05) is 54.8 Å². The summed E-state index contributed by atoms with van der Waals surface area (Å²) >= 11 is 7.58. The van der Waals surface area contributed by atoms with Gasteiger partial charge in [-0.2, -0.15) is 0 Å². The summed E-state index contributed by atoms with van der Waals surface area (Å²) in [6.07, 6.45) is 0.727. The fourth-order valence-corrected chi connectivity index (χ4v) is 3.77. The second kappa shape index (κ2) is 7.60. The van der Waals surface area contributed by atoms with E-state index in [2.05, 4.69) is 10.3 Å². The fourth-order valence-electron chi connectivity index (χ4n) is 2.81. The molecule has 2 aromatic carbocycles. The normalized spacial score (nSPS) is 15.5. The van der Waals surface area contributed by atoms with Crippen molar-refractivity contribution in [2.24, 2.45) is 0 Å². The Morgan fingerprint density at radius 3 is 2.96 bits per heavy atom. The first-order valence-electron chi connectivity index (χ1n) is 8.45. The smallest absolute Gasteiger partial charge is 0.226 e. The number of halogens is 1. The molecule has 5 nitrogen and oxygen atoms in total. The second-order valence-electron chi connectivity index (χ2n) is 5.82. The van der Waals surface area contributed by atoms with Crippen molar-refractivity contribution in [2.45, 2.75) is 13.2 Å². The number of para-hydroxylation sites is 3. The minimum absolute atomic E-state index is 0.468. The van der Waals surface area contributed by atoms with Crippen LogP contribution in [0, 0.1) is 0 Å². The molecule has 7 heteroatoms. The molecule has 0 aliphatic carbocycles. The van der Waals surface area contributed by atoms with Crippen molar-refractivity contribution in [3.8, 4) is 11.5 Å².